The van der Waals surface area contributed by atoms with Gasteiger partial charge in [-0.25, -0.2) is 0 Å². The molecule has 0 saturated carbocycles. The van der Waals surface area contributed by atoms with Crippen molar-refractivity contribution in [3.8, 4) is 17.2 Å². The van der Waals surface area contributed by atoms with E-state index < -0.39 is 0 Å². The predicted octanol–water partition coefficient (Wildman–Crippen LogP) is 2.01. The Labute approximate surface area is 108 Å². The van der Waals surface area contributed by atoms with Crippen LogP contribution in [0.1, 0.15) is 18.4 Å². The van der Waals surface area contributed by atoms with Gasteiger partial charge in [0.15, 0.2) is 11.5 Å². The average molecular weight is 251 g/mol. The minimum Gasteiger partial charge on any atom is -0.493 e. The Morgan fingerprint density at radius 2 is 1.89 bits per heavy atom. The molecule has 100 valence electrons. The van der Waals surface area contributed by atoms with Crippen LogP contribution in [0.5, 0.6) is 17.2 Å². The second-order valence-electron chi connectivity index (χ2n) is 4.49. The second-order valence-corrected chi connectivity index (χ2v) is 4.49. The topological polar surface area (TPSA) is 39.7 Å². The first kappa shape index (κ1) is 13.0. The van der Waals surface area contributed by atoms with Gasteiger partial charge in [0.1, 0.15) is 0 Å². The average Bonchev–Trinajstić information content (AvgIpc) is 2.90. The van der Waals surface area contributed by atoms with Crippen LogP contribution in [0.2, 0.25) is 0 Å². The van der Waals surface area contributed by atoms with E-state index in [1.165, 1.54) is 12.8 Å². The molecule has 1 atom stereocenters. The van der Waals surface area contributed by atoms with Gasteiger partial charge in [-0.05, 0) is 37.4 Å². The fourth-order valence-electron chi connectivity index (χ4n) is 2.52. The Morgan fingerprint density at radius 3 is 2.44 bits per heavy atom. The van der Waals surface area contributed by atoms with Crippen molar-refractivity contribution in [3.63, 3.8) is 0 Å². The maximum Gasteiger partial charge on any atom is 0.203 e. The molecule has 2 rings (SSSR count). The lowest BCUT2D eigenvalue weighted by Gasteiger charge is -2.17. The summed E-state index contributed by atoms with van der Waals surface area (Å²) in [6.07, 6.45) is 3.43. The van der Waals surface area contributed by atoms with Crippen molar-refractivity contribution >= 4 is 0 Å². The minimum atomic E-state index is 0.539. The predicted molar refractivity (Wildman–Crippen MR) is 70.8 cm³/mol. The molecule has 1 aromatic rings. The van der Waals surface area contributed by atoms with Crippen molar-refractivity contribution in [2.45, 2.75) is 25.3 Å². The Bertz CT molecular complexity index is 400. The van der Waals surface area contributed by atoms with Crippen molar-refractivity contribution in [2.24, 2.45) is 0 Å². The molecular weight excluding hydrogens is 230 g/mol. The van der Waals surface area contributed by atoms with Crippen molar-refractivity contribution in [2.75, 3.05) is 27.9 Å². The molecular formula is C14H21NO3. The fraction of sp³-hybridized carbons (Fsp3) is 0.571. The van der Waals surface area contributed by atoms with E-state index in [0.717, 1.165) is 24.3 Å². The first-order valence-corrected chi connectivity index (χ1v) is 6.31. The Balaban J connectivity index is 2.28. The van der Waals surface area contributed by atoms with Gasteiger partial charge in [-0.2, -0.15) is 0 Å². The molecule has 1 saturated heterocycles. The van der Waals surface area contributed by atoms with Crippen LogP contribution in [-0.2, 0) is 6.42 Å². The number of ether oxygens (including phenoxy) is 3. The summed E-state index contributed by atoms with van der Waals surface area (Å²) < 4.78 is 16.2. The highest BCUT2D eigenvalue weighted by Gasteiger charge is 2.20. The smallest absolute Gasteiger partial charge is 0.203 e. The molecule has 0 radical (unpaired) electrons. The lowest BCUT2D eigenvalue weighted by Crippen LogP contribution is -2.23. The summed E-state index contributed by atoms with van der Waals surface area (Å²) in [5, 5.41) is 3.49. The van der Waals surface area contributed by atoms with Gasteiger partial charge >= 0.3 is 0 Å². The van der Waals surface area contributed by atoms with Crippen LogP contribution in [-0.4, -0.2) is 33.9 Å². The van der Waals surface area contributed by atoms with Crippen LogP contribution in [0, 0.1) is 0 Å². The third kappa shape index (κ3) is 2.53. The highest BCUT2D eigenvalue weighted by Crippen LogP contribution is 2.40. The van der Waals surface area contributed by atoms with E-state index in [-0.39, 0.29) is 0 Å². The van der Waals surface area contributed by atoms with Gasteiger partial charge in [0.05, 0.1) is 21.3 Å². The SMILES string of the molecule is COc1ccc(CC2CCCN2)c(OC)c1OC. The Kier molecular flexibility index (Phi) is 4.31. The van der Waals surface area contributed by atoms with Crippen LogP contribution < -0.4 is 19.5 Å². The number of methoxy groups -OCH3 is 3. The van der Waals surface area contributed by atoms with E-state index in [0.29, 0.717) is 17.5 Å². The monoisotopic (exact) mass is 251 g/mol. The zero-order chi connectivity index (χ0) is 13.0. The third-order valence-electron chi connectivity index (χ3n) is 3.41. The van der Waals surface area contributed by atoms with Crippen LogP contribution in [0.25, 0.3) is 0 Å². The van der Waals surface area contributed by atoms with Crippen LogP contribution in [0.4, 0.5) is 0 Å². The third-order valence-corrected chi connectivity index (χ3v) is 3.41. The summed E-state index contributed by atoms with van der Waals surface area (Å²) in [6.45, 7) is 1.11. The van der Waals surface area contributed by atoms with Gasteiger partial charge < -0.3 is 19.5 Å². The number of hydrogen-bond acceptors (Lipinski definition) is 4. The van der Waals surface area contributed by atoms with Gasteiger partial charge in [0.2, 0.25) is 5.75 Å². The zero-order valence-electron chi connectivity index (χ0n) is 11.3. The lowest BCUT2D eigenvalue weighted by atomic mass is 10.0. The Morgan fingerprint density at radius 1 is 1.11 bits per heavy atom. The molecule has 0 aromatic heterocycles. The maximum atomic E-state index is 5.49. The van der Waals surface area contributed by atoms with Crippen molar-refractivity contribution in [1.29, 1.82) is 0 Å². The molecule has 0 spiro atoms. The standard InChI is InChI=1S/C14H21NO3/c1-16-12-7-6-10(9-11-5-4-8-15-11)13(17-2)14(12)18-3/h6-7,11,15H,4-5,8-9H2,1-3H3. The molecule has 0 bridgehead atoms. The summed E-state index contributed by atoms with van der Waals surface area (Å²) in [5.74, 6) is 2.17. The number of rotatable bonds is 5. The molecule has 1 aromatic carbocycles. The molecule has 4 heteroatoms. The molecule has 1 heterocycles. The molecule has 0 amide bonds. The number of nitrogens with one attached hydrogen (secondary N) is 1. The van der Waals surface area contributed by atoms with Crippen molar-refractivity contribution in [1.82, 2.24) is 5.32 Å². The summed E-state index contributed by atoms with van der Waals surface area (Å²) in [6, 6.07) is 4.53. The molecule has 1 N–H and O–H groups in total. The van der Waals surface area contributed by atoms with Crippen molar-refractivity contribution in [3.05, 3.63) is 17.7 Å². The second kappa shape index (κ2) is 5.96. The zero-order valence-corrected chi connectivity index (χ0v) is 11.3. The summed E-state index contributed by atoms with van der Waals surface area (Å²) in [4.78, 5) is 0. The summed E-state index contributed by atoms with van der Waals surface area (Å²) in [5.41, 5.74) is 1.16. The molecule has 4 nitrogen and oxygen atoms in total. The number of benzene rings is 1. The van der Waals surface area contributed by atoms with E-state index in [1.807, 2.05) is 6.07 Å². The van der Waals surface area contributed by atoms with E-state index >= 15 is 0 Å². The maximum absolute atomic E-state index is 5.49. The van der Waals surface area contributed by atoms with E-state index in [4.69, 9.17) is 14.2 Å². The molecule has 18 heavy (non-hydrogen) atoms. The molecule has 1 unspecified atom stereocenters. The largest absolute Gasteiger partial charge is 0.493 e. The highest BCUT2D eigenvalue weighted by molar-refractivity contribution is 5.56. The molecule has 1 aliphatic rings. The van der Waals surface area contributed by atoms with E-state index in [1.54, 1.807) is 21.3 Å². The normalized spacial score (nSPS) is 18.7. The summed E-state index contributed by atoms with van der Waals surface area (Å²) >= 11 is 0. The van der Waals surface area contributed by atoms with E-state index in [2.05, 4.69) is 11.4 Å². The quantitative estimate of drug-likeness (QED) is 0.869. The van der Waals surface area contributed by atoms with Gasteiger partial charge in [0, 0.05) is 6.04 Å². The van der Waals surface area contributed by atoms with Gasteiger partial charge in [-0.3, -0.25) is 0 Å². The fourth-order valence-corrected chi connectivity index (χ4v) is 2.52. The first-order chi connectivity index (χ1) is 8.80. The molecule has 1 fully saturated rings. The summed E-state index contributed by atoms with van der Waals surface area (Å²) in [7, 11) is 4.94. The van der Waals surface area contributed by atoms with E-state index in [9.17, 15) is 0 Å². The minimum absolute atomic E-state index is 0.539. The first-order valence-electron chi connectivity index (χ1n) is 6.31. The Hall–Kier alpha value is -1.42. The number of hydrogen-bond donors (Lipinski definition) is 1. The lowest BCUT2D eigenvalue weighted by molar-refractivity contribution is 0.321. The van der Waals surface area contributed by atoms with Gasteiger partial charge in [-0.1, -0.05) is 6.07 Å². The van der Waals surface area contributed by atoms with Gasteiger partial charge in [-0.15, -0.1) is 0 Å². The van der Waals surface area contributed by atoms with Crippen LogP contribution >= 0.6 is 0 Å². The van der Waals surface area contributed by atoms with Crippen LogP contribution in [0.15, 0.2) is 12.1 Å². The molecule has 1 aliphatic heterocycles. The van der Waals surface area contributed by atoms with Gasteiger partial charge in [0.25, 0.3) is 0 Å². The van der Waals surface area contributed by atoms with Crippen LogP contribution in [0.3, 0.4) is 0 Å². The van der Waals surface area contributed by atoms with Crippen molar-refractivity contribution < 1.29 is 14.2 Å². The highest BCUT2D eigenvalue weighted by atomic mass is 16.5. The molecule has 0 aliphatic carbocycles.